The molecular formula is C23H18N2O3. The number of amides is 1. The monoisotopic (exact) mass is 370 g/mol. The van der Waals surface area contributed by atoms with E-state index in [9.17, 15) is 14.7 Å². The van der Waals surface area contributed by atoms with Crippen molar-refractivity contribution in [1.29, 1.82) is 0 Å². The van der Waals surface area contributed by atoms with Crippen molar-refractivity contribution in [2.45, 2.75) is 12.5 Å². The van der Waals surface area contributed by atoms with Crippen LogP contribution in [-0.4, -0.2) is 28.0 Å². The van der Waals surface area contributed by atoms with Crippen molar-refractivity contribution >= 4 is 33.4 Å². The highest BCUT2D eigenvalue weighted by atomic mass is 16.4. The summed E-state index contributed by atoms with van der Waals surface area (Å²) in [5.74, 6) is -1.58. The number of fused-ring (bicyclic) bond motifs is 2. The molecule has 0 unspecified atom stereocenters. The van der Waals surface area contributed by atoms with Gasteiger partial charge in [-0.05, 0) is 45.3 Å². The van der Waals surface area contributed by atoms with Gasteiger partial charge in [0.25, 0.3) is 5.91 Å². The zero-order chi connectivity index (χ0) is 19.5. The Morgan fingerprint density at radius 1 is 0.893 bits per heavy atom. The summed E-state index contributed by atoms with van der Waals surface area (Å²) < 4.78 is 0. The molecule has 0 aliphatic carbocycles. The predicted octanol–water partition coefficient (Wildman–Crippen LogP) is 3.81. The number of carboxylic acid groups (broad SMARTS) is 1. The molecule has 138 valence electrons. The highest BCUT2D eigenvalue weighted by molar-refractivity contribution is 6.03. The van der Waals surface area contributed by atoms with Crippen molar-refractivity contribution in [3.8, 4) is 0 Å². The Labute approximate surface area is 161 Å². The number of hydrogen-bond acceptors (Lipinski definition) is 3. The van der Waals surface area contributed by atoms with Gasteiger partial charge in [0.1, 0.15) is 11.7 Å². The van der Waals surface area contributed by atoms with E-state index in [0.29, 0.717) is 0 Å². The lowest BCUT2D eigenvalue weighted by atomic mass is 9.92. The smallest absolute Gasteiger partial charge is 0.326 e. The Morgan fingerprint density at radius 3 is 2.07 bits per heavy atom. The lowest BCUT2D eigenvalue weighted by Gasteiger charge is -2.18. The third-order valence-electron chi connectivity index (χ3n) is 4.79. The van der Waals surface area contributed by atoms with E-state index in [4.69, 9.17) is 0 Å². The SMILES string of the molecule is O=C(N[C@H](Cc1c2ccccc2cc2ccccc12)C(=O)O)c1ccccn1. The van der Waals surface area contributed by atoms with Crippen LogP contribution < -0.4 is 5.32 Å². The number of carbonyl (C=O) groups excluding carboxylic acids is 1. The van der Waals surface area contributed by atoms with Crippen molar-refractivity contribution in [3.63, 3.8) is 0 Å². The molecule has 5 heteroatoms. The minimum atomic E-state index is -1.08. The summed E-state index contributed by atoms with van der Waals surface area (Å²) in [6.45, 7) is 0. The molecule has 1 amide bonds. The topological polar surface area (TPSA) is 79.3 Å². The molecule has 0 fully saturated rings. The Bertz CT molecular complexity index is 1120. The largest absolute Gasteiger partial charge is 0.480 e. The first kappa shape index (κ1) is 17.7. The predicted molar refractivity (Wildman–Crippen MR) is 108 cm³/mol. The second-order valence-electron chi connectivity index (χ2n) is 6.58. The summed E-state index contributed by atoms with van der Waals surface area (Å²) in [6.07, 6.45) is 1.68. The maximum atomic E-state index is 12.4. The van der Waals surface area contributed by atoms with Crippen molar-refractivity contribution in [2.24, 2.45) is 0 Å². The summed E-state index contributed by atoms with van der Waals surface area (Å²) in [5.41, 5.74) is 1.10. The highest BCUT2D eigenvalue weighted by Gasteiger charge is 2.23. The van der Waals surface area contributed by atoms with Crippen LogP contribution in [0.5, 0.6) is 0 Å². The molecule has 0 radical (unpaired) electrons. The van der Waals surface area contributed by atoms with Crippen LogP contribution >= 0.6 is 0 Å². The van der Waals surface area contributed by atoms with Crippen LogP contribution in [0.1, 0.15) is 16.1 Å². The molecule has 2 N–H and O–H groups in total. The van der Waals surface area contributed by atoms with Crippen LogP contribution in [0.15, 0.2) is 79.0 Å². The van der Waals surface area contributed by atoms with Gasteiger partial charge in [0.2, 0.25) is 0 Å². The minimum absolute atomic E-state index is 0.176. The molecule has 1 aromatic heterocycles. The number of nitrogens with one attached hydrogen (secondary N) is 1. The fraction of sp³-hybridized carbons (Fsp3) is 0.0870. The van der Waals surface area contributed by atoms with Gasteiger partial charge in [-0.1, -0.05) is 54.6 Å². The highest BCUT2D eigenvalue weighted by Crippen LogP contribution is 2.29. The molecule has 4 rings (SSSR count). The fourth-order valence-corrected chi connectivity index (χ4v) is 3.46. The van der Waals surface area contributed by atoms with E-state index in [-0.39, 0.29) is 12.1 Å². The maximum absolute atomic E-state index is 12.4. The first-order valence-electron chi connectivity index (χ1n) is 8.97. The molecule has 0 aliphatic rings. The minimum Gasteiger partial charge on any atom is -0.480 e. The van der Waals surface area contributed by atoms with Gasteiger partial charge in [-0.3, -0.25) is 9.78 Å². The lowest BCUT2D eigenvalue weighted by molar-refractivity contribution is -0.139. The van der Waals surface area contributed by atoms with Crippen LogP contribution in [0, 0.1) is 0 Å². The molecule has 0 bridgehead atoms. The second kappa shape index (κ2) is 7.48. The van der Waals surface area contributed by atoms with E-state index < -0.39 is 17.9 Å². The molecule has 0 saturated carbocycles. The average Bonchev–Trinajstić information content (AvgIpc) is 2.73. The van der Waals surface area contributed by atoms with Crippen LogP contribution in [0.25, 0.3) is 21.5 Å². The van der Waals surface area contributed by atoms with Gasteiger partial charge in [0.15, 0.2) is 0 Å². The quantitative estimate of drug-likeness (QED) is 0.524. The van der Waals surface area contributed by atoms with Gasteiger partial charge < -0.3 is 10.4 Å². The van der Waals surface area contributed by atoms with E-state index in [2.05, 4.69) is 16.4 Å². The number of nitrogens with zero attached hydrogens (tertiary/aromatic N) is 1. The zero-order valence-corrected chi connectivity index (χ0v) is 15.0. The molecule has 1 heterocycles. The van der Waals surface area contributed by atoms with Crippen molar-refractivity contribution in [2.75, 3.05) is 0 Å². The summed E-state index contributed by atoms with van der Waals surface area (Å²) in [7, 11) is 0. The van der Waals surface area contributed by atoms with E-state index in [1.54, 1.807) is 18.2 Å². The van der Waals surface area contributed by atoms with Gasteiger partial charge in [0.05, 0.1) is 0 Å². The van der Waals surface area contributed by atoms with E-state index >= 15 is 0 Å². The number of pyridine rings is 1. The molecule has 3 aromatic carbocycles. The molecule has 0 saturated heterocycles. The summed E-state index contributed by atoms with van der Waals surface area (Å²) in [6, 6.07) is 21.7. The number of carbonyl (C=O) groups is 2. The molecule has 5 nitrogen and oxygen atoms in total. The Morgan fingerprint density at radius 2 is 1.50 bits per heavy atom. The summed E-state index contributed by atoms with van der Waals surface area (Å²) in [4.78, 5) is 28.3. The first-order chi connectivity index (χ1) is 13.6. The maximum Gasteiger partial charge on any atom is 0.326 e. The van der Waals surface area contributed by atoms with Crippen LogP contribution in [-0.2, 0) is 11.2 Å². The standard InChI is InChI=1S/C23H18N2O3/c26-22(20-11-5-6-12-24-20)25-21(23(27)28)14-19-17-9-3-1-7-15(17)13-16-8-2-4-10-18(16)19/h1-13,21H,14H2,(H,25,26)(H,27,28)/t21-/m1/s1. The number of aliphatic carboxylic acids is 1. The molecule has 0 aliphatic heterocycles. The zero-order valence-electron chi connectivity index (χ0n) is 15.0. The Balaban J connectivity index is 1.75. The molecular weight excluding hydrogens is 352 g/mol. The van der Waals surface area contributed by atoms with Gasteiger partial charge in [-0.2, -0.15) is 0 Å². The Hall–Kier alpha value is -3.73. The third-order valence-corrected chi connectivity index (χ3v) is 4.79. The number of carboxylic acids is 1. The number of aromatic nitrogens is 1. The lowest BCUT2D eigenvalue weighted by Crippen LogP contribution is -2.42. The van der Waals surface area contributed by atoms with Crippen LogP contribution in [0.2, 0.25) is 0 Å². The molecule has 4 aromatic rings. The number of hydrogen-bond donors (Lipinski definition) is 2. The average molecular weight is 370 g/mol. The normalized spacial score (nSPS) is 12.0. The summed E-state index contributed by atoms with van der Waals surface area (Å²) in [5, 5.41) is 16.4. The van der Waals surface area contributed by atoms with Gasteiger partial charge >= 0.3 is 5.97 Å². The molecule has 0 spiro atoms. The van der Waals surface area contributed by atoms with E-state index in [1.165, 1.54) is 6.20 Å². The number of rotatable bonds is 5. The van der Waals surface area contributed by atoms with E-state index in [1.807, 2.05) is 48.5 Å². The van der Waals surface area contributed by atoms with Crippen LogP contribution in [0.3, 0.4) is 0 Å². The van der Waals surface area contributed by atoms with Crippen molar-refractivity contribution in [3.05, 3.63) is 90.3 Å². The van der Waals surface area contributed by atoms with Crippen molar-refractivity contribution < 1.29 is 14.7 Å². The van der Waals surface area contributed by atoms with Crippen molar-refractivity contribution in [1.82, 2.24) is 10.3 Å². The number of benzene rings is 3. The van der Waals surface area contributed by atoms with Crippen LogP contribution in [0.4, 0.5) is 0 Å². The van der Waals surface area contributed by atoms with Gasteiger partial charge in [0, 0.05) is 12.6 Å². The third kappa shape index (κ3) is 3.42. The summed E-state index contributed by atoms with van der Waals surface area (Å²) >= 11 is 0. The van der Waals surface area contributed by atoms with E-state index in [0.717, 1.165) is 27.1 Å². The first-order valence-corrected chi connectivity index (χ1v) is 8.97. The fourth-order valence-electron chi connectivity index (χ4n) is 3.46. The van der Waals surface area contributed by atoms with Gasteiger partial charge in [-0.25, -0.2) is 4.79 Å². The Kier molecular flexibility index (Phi) is 4.72. The van der Waals surface area contributed by atoms with Gasteiger partial charge in [-0.15, -0.1) is 0 Å². The molecule has 1 atom stereocenters. The second-order valence-corrected chi connectivity index (χ2v) is 6.58. The molecule has 28 heavy (non-hydrogen) atoms.